The second kappa shape index (κ2) is 6.27. The number of aromatic nitrogens is 3. The van der Waals surface area contributed by atoms with E-state index in [1.807, 2.05) is 0 Å². The number of hydrogen-bond acceptors (Lipinski definition) is 6. The van der Waals surface area contributed by atoms with Crippen LogP contribution in [-0.2, 0) is 4.79 Å². The van der Waals surface area contributed by atoms with Crippen LogP contribution in [0.4, 0.5) is 11.6 Å². The Hall–Kier alpha value is -2.55. The van der Waals surface area contributed by atoms with Crippen molar-refractivity contribution < 1.29 is 14.7 Å². The summed E-state index contributed by atoms with van der Waals surface area (Å²) in [7, 11) is 0. The summed E-state index contributed by atoms with van der Waals surface area (Å²) in [6.45, 7) is 1.78. The number of anilines is 2. The maximum Gasteiger partial charge on any atom is 0.335 e. The van der Waals surface area contributed by atoms with E-state index in [1.54, 1.807) is 13.0 Å². The maximum absolute atomic E-state index is 11.8. The number of carboxylic acids is 1. The van der Waals surface area contributed by atoms with Gasteiger partial charge in [-0.1, -0.05) is 17.8 Å². The lowest BCUT2D eigenvalue weighted by molar-refractivity contribution is -0.113. The Balaban J connectivity index is 1.99. The van der Waals surface area contributed by atoms with Gasteiger partial charge in [-0.05, 0) is 24.6 Å². The molecule has 2 aromatic rings. The molecule has 8 nitrogen and oxygen atoms in total. The van der Waals surface area contributed by atoms with E-state index in [9.17, 15) is 9.59 Å². The summed E-state index contributed by atoms with van der Waals surface area (Å²) >= 11 is 1.12. The van der Waals surface area contributed by atoms with Gasteiger partial charge in [0.1, 0.15) is 0 Å². The van der Waals surface area contributed by atoms with Crippen LogP contribution in [0.3, 0.4) is 0 Å². The fourth-order valence-electron chi connectivity index (χ4n) is 1.53. The summed E-state index contributed by atoms with van der Waals surface area (Å²) in [5.41, 5.74) is 6.74. The molecule has 2 rings (SSSR count). The number of carbonyl (C=O) groups excluding carboxylic acids is 1. The molecular formula is C12H13N5O3S. The molecular weight excluding hydrogens is 294 g/mol. The monoisotopic (exact) mass is 307 g/mol. The first kappa shape index (κ1) is 14.9. The number of aryl methyl sites for hydroxylation is 1. The first-order valence-corrected chi connectivity index (χ1v) is 6.88. The summed E-state index contributed by atoms with van der Waals surface area (Å²) in [6, 6.07) is 4.55. The molecule has 1 heterocycles. The largest absolute Gasteiger partial charge is 0.478 e. The molecule has 0 unspecified atom stereocenters. The minimum atomic E-state index is -1.05. The molecule has 1 amide bonds. The Bertz CT molecular complexity index is 685. The van der Waals surface area contributed by atoms with Gasteiger partial charge >= 0.3 is 5.97 Å². The molecule has 0 radical (unpaired) electrons. The molecule has 0 bridgehead atoms. The zero-order chi connectivity index (χ0) is 15.4. The number of carboxylic acid groups (broad SMARTS) is 1. The average Bonchev–Trinajstić information content (AvgIpc) is 2.84. The molecule has 110 valence electrons. The van der Waals surface area contributed by atoms with Crippen LogP contribution in [0.15, 0.2) is 23.4 Å². The lowest BCUT2D eigenvalue weighted by Gasteiger charge is -2.08. The number of H-pyrrole nitrogens is 1. The molecule has 0 atom stereocenters. The highest BCUT2D eigenvalue weighted by Crippen LogP contribution is 2.18. The fraction of sp³-hybridized carbons (Fsp3) is 0.167. The van der Waals surface area contributed by atoms with E-state index >= 15 is 0 Å². The van der Waals surface area contributed by atoms with Gasteiger partial charge in [-0.15, -0.1) is 5.10 Å². The van der Waals surface area contributed by atoms with E-state index in [0.717, 1.165) is 17.3 Å². The minimum absolute atomic E-state index is 0.0913. The number of aromatic amines is 1. The number of nitrogens with zero attached hydrogens (tertiary/aromatic N) is 2. The van der Waals surface area contributed by atoms with Crippen molar-refractivity contribution in [3.63, 3.8) is 0 Å². The molecule has 0 aliphatic heterocycles. The van der Waals surface area contributed by atoms with E-state index in [2.05, 4.69) is 20.5 Å². The average molecular weight is 307 g/mol. The molecule has 0 saturated heterocycles. The van der Waals surface area contributed by atoms with Crippen molar-refractivity contribution in [2.24, 2.45) is 0 Å². The Kier molecular flexibility index (Phi) is 4.43. The number of nitrogens with one attached hydrogen (secondary N) is 2. The third-order valence-electron chi connectivity index (χ3n) is 2.57. The lowest BCUT2D eigenvalue weighted by atomic mass is 10.1. The SMILES string of the molecule is Cc1ccc(C(=O)O)cc1NC(=O)CSc1n[nH]c(N)n1. The van der Waals surface area contributed by atoms with Gasteiger partial charge in [-0.3, -0.25) is 4.79 Å². The summed E-state index contributed by atoms with van der Waals surface area (Å²) in [4.78, 5) is 26.6. The van der Waals surface area contributed by atoms with E-state index in [0.29, 0.717) is 10.8 Å². The van der Waals surface area contributed by atoms with Crippen molar-refractivity contribution >= 4 is 35.3 Å². The standard InChI is InChI=1S/C12H13N5O3S/c1-6-2-3-7(10(19)20)4-8(6)14-9(18)5-21-12-15-11(13)16-17-12/h2-4H,5H2,1H3,(H,14,18)(H,19,20)(H3,13,15,16,17). The Labute approximate surface area is 124 Å². The molecule has 5 N–H and O–H groups in total. The summed E-state index contributed by atoms with van der Waals surface area (Å²) < 4.78 is 0. The van der Waals surface area contributed by atoms with Gasteiger partial charge in [0.05, 0.1) is 11.3 Å². The quantitative estimate of drug-likeness (QED) is 0.608. The normalized spacial score (nSPS) is 10.3. The van der Waals surface area contributed by atoms with Crippen LogP contribution in [0.25, 0.3) is 0 Å². The van der Waals surface area contributed by atoms with Crippen LogP contribution < -0.4 is 11.1 Å². The highest BCUT2D eigenvalue weighted by Gasteiger charge is 2.10. The van der Waals surface area contributed by atoms with E-state index in [4.69, 9.17) is 10.8 Å². The van der Waals surface area contributed by atoms with Crippen molar-refractivity contribution in [1.29, 1.82) is 0 Å². The van der Waals surface area contributed by atoms with Gasteiger partial charge < -0.3 is 16.2 Å². The zero-order valence-corrected chi connectivity index (χ0v) is 11.9. The number of benzene rings is 1. The van der Waals surface area contributed by atoms with Crippen LogP contribution in [-0.4, -0.2) is 37.9 Å². The predicted octanol–water partition coefficient (Wildman–Crippen LogP) is 1.12. The van der Waals surface area contributed by atoms with Gasteiger partial charge in [-0.25, -0.2) is 9.89 Å². The number of nitrogen functional groups attached to an aromatic ring is 1. The molecule has 1 aromatic carbocycles. The van der Waals surface area contributed by atoms with E-state index in [1.165, 1.54) is 12.1 Å². The Morgan fingerprint density at radius 3 is 2.86 bits per heavy atom. The highest BCUT2D eigenvalue weighted by atomic mass is 32.2. The summed E-state index contributed by atoms with van der Waals surface area (Å²) in [5.74, 6) is -1.05. The zero-order valence-electron chi connectivity index (χ0n) is 11.1. The second-order valence-electron chi connectivity index (χ2n) is 4.17. The maximum atomic E-state index is 11.8. The highest BCUT2D eigenvalue weighted by molar-refractivity contribution is 7.99. The van der Waals surface area contributed by atoms with E-state index in [-0.39, 0.29) is 23.2 Å². The van der Waals surface area contributed by atoms with Crippen LogP contribution in [0, 0.1) is 6.92 Å². The topological polar surface area (TPSA) is 134 Å². The Morgan fingerprint density at radius 1 is 1.48 bits per heavy atom. The van der Waals surface area contributed by atoms with Crippen LogP contribution in [0.5, 0.6) is 0 Å². The fourth-order valence-corrected chi connectivity index (χ4v) is 2.13. The van der Waals surface area contributed by atoms with Gasteiger partial charge in [0.15, 0.2) is 0 Å². The van der Waals surface area contributed by atoms with Gasteiger partial charge in [-0.2, -0.15) is 4.98 Å². The van der Waals surface area contributed by atoms with Crippen molar-refractivity contribution in [1.82, 2.24) is 15.2 Å². The molecule has 0 fully saturated rings. The molecule has 0 saturated carbocycles. The van der Waals surface area contributed by atoms with Crippen molar-refractivity contribution in [3.8, 4) is 0 Å². The molecule has 9 heteroatoms. The molecule has 21 heavy (non-hydrogen) atoms. The van der Waals surface area contributed by atoms with Gasteiger partial charge in [0.25, 0.3) is 0 Å². The number of aromatic carboxylic acids is 1. The number of thioether (sulfide) groups is 1. The predicted molar refractivity (Wildman–Crippen MR) is 78.3 cm³/mol. The number of rotatable bonds is 5. The smallest absolute Gasteiger partial charge is 0.335 e. The van der Waals surface area contributed by atoms with Gasteiger partial charge in [0.2, 0.25) is 17.0 Å². The minimum Gasteiger partial charge on any atom is -0.478 e. The number of hydrogen-bond donors (Lipinski definition) is 4. The molecule has 0 spiro atoms. The summed E-state index contributed by atoms with van der Waals surface area (Å²) in [5, 5.41) is 18.2. The van der Waals surface area contributed by atoms with Crippen molar-refractivity contribution in [2.45, 2.75) is 12.1 Å². The first-order valence-electron chi connectivity index (χ1n) is 5.90. The third-order valence-corrected chi connectivity index (χ3v) is 3.42. The van der Waals surface area contributed by atoms with Crippen LogP contribution in [0.2, 0.25) is 0 Å². The molecule has 0 aliphatic carbocycles. The van der Waals surface area contributed by atoms with Gasteiger partial charge in [0, 0.05) is 5.69 Å². The molecule has 0 aliphatic rings. The lowest BCUT2D eigenvalue weighted by Crippen LogP contribution is -2.15. The first-order chi connectivity index (χ1) is 9.95. The molecule has 1 aromatic heterocycles. The third kappa shape index (κ3) is 3.96. The van der Waals surface area contributed by atoms with E-state index < -0.39 is 5.97 Å². The van der Waals surface area contributed by atoms with Crippen LogP contribution >= 0.6 is 11.8 Å². The number of amides is 1. The van der Waals surface area contributed by atoms with Crippen molar-refractivity contribution in [3.05, 3.63) is 29.3 Å². The van der Waals surface area contributed by atoms with Crippen LogP contribution in [0.1, 0.15) is 15.9 Å². The summed E-state index contributed by atoms with van der Waals surface area (Å²) in [6.07, 6.45) is 0. The Morgan fingerprint density at radius 2 is 2.24 bits per heavy atom. The number of carbonyl (C=O) groups is 2. The van der Waals surface area contributed by atoms with Crippen molar-refractivity contribution in [2.75, 3.05) is 16.8 Å². The second-order valence-corrected chi connectivity index (χ2v) is 5.12. The number of nitrogens with two attached hydrogens (primary N) is 1.